The van der Waals surface area contributed by atoms with E-state index in [0.717, 1.165) is 18.8 Å². The van der Waals surface area contributed by atoms with Crippen LogP contribution >= 0.6 is 12.4 Å². The molecule has 3 N–H and O–H groups in total. The fourth-order valence-electron chi connectivity index (χ4n) is 1.69. The van der Waals surface area contributed by atoms with E-state index in [4.69, 9.17) is 0 Å². The molecule has 1 aromatic heterocycles. The summed E-state index contributed by atoms with van der Waals surface area (Å²) in [4.78, 5) is 11.1. The number of anilines is 1. The van der Waals surface area contributed by atoms with Gasteiger partial charge in [-0.15, -0.1) is 12.4 Å². The molecule has 0 aliphatic carbocycles. The Bertz CT molecular complexity index is 378. The summed E-state index contributed by atoms with van der Waals surface area (Å²) < 4.78 is 1.92. The number of halogens is 1. The molecule has 1 aliphatic rings. The molecule has 0 bridgehead atoms. The highest BCUT2D eigenvalue weighted by Crippen LogP contribution is 2.19. The lowest BCUT2D eigenvalue weighted by Gasteiger charge is -2.21. The van der Waals surface area contributed by atoms with Gasteiger partial charge in [-0.2, -0.15) is 5.10 Å². The van der Waals surface area contributed by atoms with E-state index in [9.17, 15) is 4.79 Å². The minimum Gasteiger partial charge on any atom is -0.341 e. The molecule has 16 heavy (non-hydrogen) atoms. The Labute approximate surface area is 100 Å². The summed E-state index contributed by atoms with van der Waals surface area (Å²) in [7, 11) is 1.58. The van der Waals surface area contributed by atoms with E-state index in [1.54, 1.807) is 7.05 Å². The van der Waals surface area contributed by atoms with Crippen LogP contribution in [0.4, 0.5) is 10.6 Å². The van der Waals surface area contributed by atoms with Crippen molar-refractivity contribution in [3.63, 3.8) is 0 Å². The van der Waals surface area contributed by atoms with E-state index < -0.39 is 0 Å². The van der Waals surface area contributed by atoms with Gasteiger partial charge in [0.2, 0.25) is 0 Å². The first-order valence-corrected chi connectivity index (χ1v) is 5.00. The molecular weight excluding hydrogens is 230 g/mol. The first kappa shape index (κ1) is 12.8. The van der Waals surface area contributed by atoms with Crippen molar-refractivity contribution in [1.82, 2.24) is 20.4 Å². The molecule has 0 radical (unpaired) electrons. The van der Waals surface area contributed by atoms with Crippen LogP contribution in [-0.4, -0.2) is 29.4 Å². The minimum absolute atomic E-state index is 0. The predicted octanol–water partition coefficient (Wildman–Crippen LogP) is 0.720. The minimum atomic E-state index is -0.244. The van der Waals surface area contributed by atoms with Crippen molar-refractivity contribution >= 4 is 24.3 Å². The molecule has 7 heteroatoms. The molecule has 2 heterocycles. The van der Waals surface area contributed by atoms with Crippen molar-refractivity contribution in [1.29, 1.82) is 0 Å². The molecule has 0 saturated carbocycles. The Hall–Kier alpha value is -1.27. The van der Waals surface area contributed by atoms with Crippen molar-refractivity contribution in [2.75, 3.05) is 18.9 Å². The summed E-state index contributed by atoms with van der Waals surface area (Å²) in [5, 5.41) is 12.8. The number of fused-ring (bicyclic) bond motifs is 1. The highest BCUT2D eigenvalue weighted by molar-refractivity contribution is 5.87. The van der Waals surface area contributed by atoms with E-state index in [2.05, 4.69) is 28.0 Å². The second-order valence-corrected chi connectivity index (χ2v) is 3.56. The lowest BCUT2D eigenvalue weighted by atomic mass is 10.2. The van der Waals surface area contributed by atoms with Crippen molar-refractivity contribution in [2.24, 2.45) is 0 Å². The molecule has 90 valence electrons. The van der Waals surface area contributed by atoms with Crippen LogP contribution in [0.2, 0.25) is 0 Å². The van der Waals surface area contributed by atoms with Crippen LogP contribution in [0.15, 0.2) is 6.07 Å². The topological polar surface area (TPSA) is 71.0 Å². The summed E-state index contributed by atoms with van der Waals surface area (Å²) in [5.41, 5.74) is 1.10. The molecule has 6 nitrogen and oxygen atoms in total. The zero-order chi connectivity index (χ0) is 10.8. The molecule has 1 unspecified atom stereocenters. The van der Waals surface area contributed by atoms with Crippen LogP contribution in [-0.2, 0) is 6.54 Å². The molecule has 1 atom stereocenters. The zero-order valence-electron chi connectivity index (χ0n) is 9.28. The predicted molar refractivity (Wildman–Crippen MR) is 64.0 cm³/mol. The quantitative estimate of drug-likeness (QED) is 0.683. The SMILES string of the molecule is CNC(=O)Nc1cc2n(n1)CCNC2C.Cl. The maximum Gasteiger partial charge on any atom is 0.320 e. The molecular formula is C9H16ClN5O. The van der Waals surface area contributed by atoms with E-state index in [1.807, 2.05) is 10.7 Å². The van der Waals surface area contributed by atoms with Crippen LogP contribution in [0.25, 0.3) is 0 Å². The van der Waals surface area contributed by atoms with Gasteiger partial charge in [-0.1, -0.05) is 0 Å². The molecule has 0 spiro atoms. The Balaban J connectivity index is 0.00000128. The lowest BCUT2D eigenvalue weighted by Crippen LogP contribution is -2.31. The number of amides is 2. The highest BCUT2D eigenvalue weighted by Gasteiger charge is 2.18. The number of carbonyl (C=O) groups excluding carboxylic acids is 1. The van der Waals surface area contributed by atoms with E-state index in [0.29, 0.717) is 5.82 Å². The molecule has 0 aromatic carbocycles. The highest BCUT2D eigenvalue weighted by atomic mass is 35.5. The molecule has 1 aromatic rings. The van der Waals surface area contributed by atoms with Gasteiger partial charge in [0, 0.05) is 25.7 Å². The smallest absolute Gasteiger partial charge is 0.320 e. The summed E-state index contributed by atoms with van der Waals surface area (Å²) >= 11 is 0. The van der Waals surface area contributed by atoms with Crippen molar-refractivity contribution in [2.45, 2.75) is 19.5 Å². The molecule has 0 saturated heterocycles. The third kappa shape index (κ3) is 2.45. The largest absolute Gasteiger partial charge is 0.341 e. The summed E-state index contributed by atoms with van der Waals surface area (Å²) in [6.45, 7) is 3.83. The fourth-order valence-corrected chi connectivity index (χ4v) is 1.69. The van der Waals surface area contributed by atoms with Crippen LogP contribution in [0.3, 0.4) is 0 Å². The van der Waals surface area contributed by atoms with Crippen molar-refractivity contribution in [3.8, 4) is 0 Å². The third-order valence-corrected chi connectivity index (χ3v) is 2.50. The monoisotopic (exact) mass is 245 g/mol. The first-order chi connectivity index (χ1) is 7.20. The van der Waals surface area contributed by atoms with Crippen LogP contribution in [0, 0.1) is 0 Å². The van der Waals surface area contributed by atoms with Gasteiger partial charge in [0.1, 0.15) is 0 Å². The van der Waals surface area contributed by atoms with Gasteiger partial charge in [-0.3, -0.25) is 10.00 Å². The Morgan fingerprint density at radius 1 is 1.69 bits per heavy atom. The van der Waals surface area contributed by atoms with Crippen LogP contribution in [0.1, 0.15) is 18.7 Å². The van der Waals surface area contributed by atoms with Gasteiger partial charge in [0.25, 0.3) is 0 Å². The van der Waals surface area contributed by atoms with Gasteiger partial charge in [-0.05, 0) is 6.92 Å². The molecule has 2 rings (SSSR count). The van der Waals surface area contributed by atoms with Crippen molar-refractivity contribution in [3.05, 3.63) is 11.8 Å². The number of hydrogen-bond donors (Lipinski definition) is 3. The van der Waals surface area contributed by atoms with E-state index in [1.165, 1.54) is 0 Å². The first-order valence-electron chi connectivity index (χ1n) is 5.00. The number of hydrogen-bond acceptors (Lipinski definition) is 3. The maximum absolute atomic E-state index is 11.1. The van der Waals surface area contributed by atoms with Crippen molar-refractivity contribution < 1.29 is 4.79 Å². The lowest BCUT2D eigenvalue weighted by molar-refractivity contribution is 0.254. The average molecular weight is 246 g/mol. The summed E-state index contributed by atoms with van der Waals surface area (Å²) in [6, 6.07) is 1.93. The second-order valence-electron chi connectivity index (χ2n) is 3.56. The van der Waals surface area contributed by atoms with E-state index >= 15 is 0 Å². The number of nitrogens with one attached hydrogen (secondary N) is 3. The number of aromatic nitrogens is 2. The standard InChI is InChI=1S/C9H15N5O.ClH/c1-6-7-5-8(12-9(15)10-2)13-14(7)4-3-11-6;/h5-6,11H,3-4H2,1-2H3,(H2,10,12,13,15);1H. The maximum atomic E-state index is 11.1. The molecule has 0 fully saturated rings. The van der Waals surface area contributed by atoms with E-state index in [-0.39, 0.29) is 24.5 Å². The average Bonchev–Trinajstić information content (AvgIpc) is 2.62. The Kier molecular flexibility index (Phi) is 4.14. The number of nitrogens with zero attached hydrogens (tertiary/aromatic N) is 2. The second kappa shape index (κ2) is 5.18. The fraction of sp³-hybridized carbons (Fsp3) is 0.556. The van der Waals surface area contributed by atoms with Gasteiger partial charge < -0.3 is 10.6 Å². The van der Waals surface area contributed by atoms with Gasteiger partial charge in [0.15, 0.2) is 5.82 Å². The number of rotatable bonds is 1. The Morgan fingerprint density at radius 3 is 3.06 bits per heavy atom. The van der Waals surface area contributed by atoms with Gasteiger partial charge in [0.05, 0.1) is 12.2 Å². The van der Waals surface area contributed by atoms with Gasteiger partial charge >= 0.3 is 6.03 Å². The normalized spacial score (nSPS) is 18.2. The van der Waals surface area contributed by atoms with Gasteiger partial charge in [-0.25, -0.2) is 4.79 Å². The van der Waals surface area contributed by atoms with Crippen LogP contribution in [0.5, 0.6) is 0 Å². The Morgan fingerprint density at radius 2 is 2.44 bits per heavy atom. The summed E-state index contributed by atoms with van der Waals surface area (Å²) in [5.74, 6) is 0.597. The third-order valence-electron chi connectivity index (χ3n) is 2.50. The zero-order valence-corrected chi connectivity index (χ0v) is 10.1. The summed E-state index contributed by atoms with van der Waals surface area (Å²) in [6.07, 6.45) is 0. The molecule has 1 aliphatic heterocycles. The number of carbonyl (C=O) groups is 1. The molecule has 2 amide bonds. The number of urea groups is 1. The van der Waals surface area contributed by atoms with Crippen LogP contribution < -0.4 is 16.0 Å².